The Morgan fingerprint density at radius 2 is 2.00 bits per heavy atom. The first kappa shape index (κ1) is 15.1. The molecule has 25 heavy (non-hydrogen) atoms. The van der Waals surface area contributed by atoms with E-state index in [0.717, 1.165) is 17.5 Å². The number of aromatic nitrogens is 4. The van der Waals surface area contributed by atoms with Crippen LogP contribution in [-0.2, 0) is 0 Å². The van der Waals surface area contributed by atoms with E-state index in [-0.39, 0.29) is 5.92 Å². The number of hydrogen-bond acceptors (Lipinski definition) is 4. The van der Waals surface area contributed by atoms with Gasteiger partial charge in [-0.3, -0.25) is 9.78 Å². The summed E-state index contributed by atoms with van der Waals surface area (Å²) in [4.78, 5) is 27.7. The maximum absolute atomic E-state index is 11.9. The highest BCUT2D eigenvalue weighted by atomic mass is 16.2. The van der Waals surface area contributed by atoms with E-state index in [4.69, 9.17) is 0 Å². The van der Waals surface area contributed by atoms with Crippen molar-refractivity contribution in [1.82, 2.24) is 20.2 Å². The fourth-order valence-corrected chi connectivity index (χ4v) is 2.74. The van der Waals surface area contributed by atoms with Crippen molar-refractivity contribution < 1.29 is 0 Å². The van der Waals surface area contributed by atoms with E-state index in [1.165, 1.54) is 6.20 Å². The van der Waals surface area contributed by atoms with Gasteiger partial charge in [0, 0.05) is 23.6 Å². The Bertz CT molecular complexity index is 1090. The van der Waals surface area contributed by atoms with E-state index in [1.54, 1.807) is 6.20 Å². The van der Waals surface area contributed by atoms with Crippen molar-refractivity contribution in [3.63, 3.8) is 0 Å². The minimum Gasteiger partial charge on any atom is -0.313 e. The third kappa shape index (κ3) is 3.26. The van der Waals surface area contributed by atoms with Gasteiger partial charge in [-0.05, 0) is 30.2 Å². The second-order valence-corrected chi connectivity index (χ2v) is 5.94. The van der Waals surface area contributed by atoms with Crippen LogP contribution < -0.4 is 11.2 Å². The van der Waals surface area contributed by atoms with Gasteiger partial charge in [0.1, 0.15) is 5.69 Å². The van der Waals surface area contributed by atoms with Gasteiger partial charge in [-0.25, -0.2) is 4.79 Å². The summed E-state index contributed by atoms with van der Waals surface area (Å²) in [6.07, 6.45) is 4.03. The molecular formula is C19H14N4O2. The molecule has 122 valence electrons. The van der Waals surface area contributed by atoms with Crippen LogP contribution in [0.25, 0.3) is 11.3 Å². The van der Waals surface area contributed by atoms with Crippen LogP contribution in [0, 0.1) is 17.8 Å². The Morgan fingerprint density at radius 1 is 1.16 bits per heavy atom. The summed E-state index contributed by atoms with van der Waals surface area (Å²) in [6.45, 7) is 0. The van der Waals surface area contributed by atoms with Crippen LogP contribution in [0.5, 0.6) is 0 Å². The largest absolute Gasteiger partial charge is 0.325 e. The van der Waals surface area contributed by atoms with E-state index >= 15 is 0 Å². The molecule has 0 spiro atoms. The first-order valence-electron chi connectivity index (χ1n) is 7.92. The van der Waals surface area contributed by atoms with E-state index < -0.39 is 11.2 Å². The number of nitrogens with one attached hydrogen (secondary N) is 2. The molecule has 1 aliphatic carbocycles. The number of hydrogen-bond donors (Lipinski definition) is 2. The topological polar surface area (TPSA) is 91.5 Å². The molecule has 0 bridgehead atoms. The van der Waals surface area contributed by atoms with Crippen molar-refractivity contribution >= 4 is 0 Å². The Balaban J connectivity index is 1.56. The van der Waals surface area contributed by atoms with Crippen LogP contribution in [0.3, 0.4) is 0 Å². The SMILES string of the molecule is O=c1[nH]cc(-c2cc([C@H]3C[C@@H]3C#Cc3ccccc3)cnn2)c(=O)[nH]1. The highest BCUT2D eigenvalue weighted by molar-refractivity contribution is 5.57. The Morgan fingerprint density at radius 3 is 2.80 bits per heavy atom. The quantitative estimate of drug-likeness (QED) is 0.699. The van der Waals surface area contributed by atoms with E-state index in [1.807, 2.05) is 36.4 Å². The Hall–Kier alpha value is -3.46. The summed E-state index contributed by atoms with van der Waals surface area (Å²) in [5, 5.41) is 8.00. The molecule has 2 N–H and O–H groups in total. The van der Waals surface area contributed by atoms with Crippen molar-refractivity contribution in [3.8, 4) is 23.1 Å². The summed E-state index contributed by atoms with van der Waals surface area (Å²) in [6, 6.07) is 11.7. The second kappa shape index (κ2) is 6.21. The lowest BCUT2D eigenvalue weighted by Crippen LogP contribution is -2.22. The molecular weight excluding hydrogens is 316 g/mol. The minimum absolute atomic E-state index is 0.283. The fraction of sp³-hybridized carbons (Fsp3) is 0.158. The van der Waals surface area contributed by atoms with Crippen molar-refractivity contribution in [2.24, 2.45) is 5.92 Å². The fourth-order valence-electron chi connectivity index (χ4n) is 2.74. The average molecular weight is 330 g/mol. The summed E-state index contributed by atoms with van der Waals surface area (Å²) >= 11 is 0. The lowest BCUT2D eigenvalue weighted by Gasteiger charge is -2.01. The van der Waals surface area contributed by atoms with Gasteiger partial charge in [0.05, 0.1) is 11.8 Å². The van der Waals surface area contributed by atoms with Gasteiger partial charge in [0.2, 0.25) is 0 Å². The third-order valence-electron chi connectivity index (χ3n) is 4.17. The van der Waals surface area contributed by atoms with Gasteiger partial charge in [0.25, 0.3) is 5.56 Å². The molecule has 6 nitrogen and oxygen atoms in total. The summed E-state index contributed by atoms with van der Waals surface area (Å²) in [5.41, 5.74) is 1.71. The summed E-state index contributed by atoms with van der Waals surface area (Å²) in [5.74, 6) is 7.06. The predicted molar refractivity (Wildman–Crippen MR) is 92.9 cm³/mol. The lowest BCUT2D eigenvalue weighted by atomic mass is 10.1. The van der Waals surface area contributed by atoms with Crippen LogP contribution in [-0.4, -0.2) is 20.2 Å². The predicted octanol–water partition coefficient (Wildman–Crippen LogP) is 1.68. The van der Waals surface area contributed by atoms with Gasteiger partial charge in [-0.2, -0.15) is 10.2 Å². The second-order valence-electron chi connectivity index (χ2n) is 5.94. The number of H-pyrrole nitrogens is 2. The molecule has 0 radical (unpaired) electrons. The summed E-state index contributed by atoms with van der Waals surface area (Å²) in [7, 11) is 0. The molecule has 2 aromatic heterocycles. The molecule has 2 heterocycles. The number of aromatic amines is 2. The van der Waals surface area contributed by atoms with Gasteiger partial charge in [0.15, 0.2) is 0 Å². The zero-order chi connectivity index (χ0) is 17.2. The normalized spacial score (nSPS) is 18.2. The Labute approximate surface area is 143 Å². The van der Waals surface area contributed by atoms with Crippen molar-refractivity contribution in [2.45, 2.75) is 12.3 Å². The van der Waals surface area contributed by atoms with E-state index in [9.17, 15) is 9.59 Å². The molecule has 1 fully saturated rings. The number of rotatable bonds is 2. The molecule has 0 amide bonds. The first-order chi connectivity index (χ1) is 12.2. The zero-order valence-electron chi connectivity index (χ0n) is 13.2. The van der Waals surface area contributed by atoms with Crippen LogP contribution in [0.4, 0.5) is 0 Å². The highest BCUT2D eigenvalue weighted by Crippen LogP contribution is 2.47. The molecule has 1 saturated carbocycles. The van der Waals surface area contributed by atoms with Crippen LogP contribution >= 0.6 is 0 Å². The molecule has 4 rings (SSSR count). The van der Waals surface area contributed by atoms with E-state index in [0.29, 0.717) is 17.2 Å². The monoisotopic (exact) mass is 330 g/mol. The molecule has 0 unspecified atom stereocenters. The molecule has 3 aromatic rings. The van der Waals surface area contributed by atoms with Crippen LogP contribution in [0.1, 0.15) is 23.5 Å². The molecule has 1 aliphatic rings. The third-order valence-corrected chi connectivity index (χ3v) is 4.17. The average Bonchev–Trinajstić information content (AvgIpc) is 3.41. The molecule has 0 saturated heterocycles. The first-order valence-corrected chi connectivity index (χ1v) is 7.92. The summed E-state index contributed by atoms with van der Waals surface area (Å²) < 4.78 is 0. The van der Waals surface area contributed by atoms with Crippen molar-refractivity contribution in [2.75, 3.05) is 0 Å². The maximum Gasteiger partial charge on any atom is 0.325 e. The van der Waals surface area contributed by atoms with Crippen LogP contribution in [0.2, 0.25) is 0 Å². The molecule has 6 heteroatoms. The lowest BCUT2D eigenvalue weighted by molar-refractivity contribution is 0.953. The van der Waals surface area contributed by atoms with Gasteiger partial charge < -0.3 is 4.98 Å². The van der Waals surface area contributed by atoms with Gasteiger partial charge in [-0.1, -0.05) is 30.0 Å². The number of benzene rings is 1. The minimum atomic E-state index is -0.545. The highest BCUT2D eigenvalue weighted by Gasteiger charge is 2.37. The molecule has 1 aromatic carbocycles. The number of nitrogens with zero attached hydrogens (tertiary/aromatic N) is 2. The molecule has 0 aliphatic heterocycles. The van der Waals surface area contributed by atoms with Crippen molar-refractivity contribution in [3.05, 3.63) is 80.8 Å². The van der Waals surface area contributed by atoms with Gasteiger partial charge in [-0.15, -0.1) is 0 Å². The maximum atomic E-state index is 11.9. The van der Waals surface area contributed by atoms with Gasteiger partial charge >= 0.3 is 5.69 Å². The van der Waals surface area contributed by atoms with E-state index in [2.05, 4.69) is 32.0 Å². The zero-order valence-corrected chi connectivity index (χ0v) is 13.2. The van der Waals surface area contributed by atoms with Crippen LogP contribution in [0.15, 0.2) is 58.4 Å². The standard InChI is InChI=1S/C19H14N4O2/c24-18-16(11-20-19(25)22-18)17-9-14(10-21-23-17)15-8-13(15)7-6-12-4-2-1-3-5-12/h1-5,9-11,13,15H,8H2,(H2,20,22,24,25)/t13-,15-/m0/s1. The smallest absolute Gasteiger partial charge is 0.313 e. The Kier molecular flexibility index (Phi) is 3.75. The molecule has 2 atom stereocenters. The van der Waals surface area contributed by atoms with Crippen molar-refractivity contribution in [1.29, 1.82) is 0 Å².